The number of anilines is 1. The summed E-state index contributed by atoms with van der Waals surface area (Å²) in [6, 6.07) is 4.30. The molecule has 1 rings (SSSR count). The van der Waals surface area contributed by atoms with Gasteiger partial charge in [-0.25, -0.2) is 0 Å². The SMILES string of the molecule is CCNc1ccc([N+](=O)[O-])cc1C(=O)NC(C)CC(C)C. The molecule has 1 amide bonds. The molecule has 2 N–H and O–H groups in total. The molecule has 0 saturated carbocycles. The van der Waals surface area contributed by atoms with Gasteiger partial charge in [-0.05, 0) is 32.3 Å². The van der Waals surface area contributed by atoms with Gasteiger partial charge in [0.2, 0.25) is 0 Å². The van der Waals surface area contributed by atoms with Crippen molar-refractivity contribution in [3.8, 4) is 0 Å². The van der Waals surface area contributed by atoms with E-state index in [9.17, 15) is 14.9 Å². The van der Waals surface area contributed by atoms with Crippen molar-refractivity contribution in [3.63, 3.8) is 0 Å². The summed E-state index contributed by atoms with van der Waals surface area (Å²) < 4.78 is 0. The zero-order valence-corrected chi connectivity index (χ0v) is 13.0. The number of rotatable bonds is 7. The lowest BCUT2D eigenvalue weighted by Crippen LogP contribution is -2.34. The molecule has 0 radical (unpaired) electrons. The smallest absolute Gasteiger partial charge is 0.270 e. The van der Waals surface area contributed by atoms with Gasteiger partial charge in [0.15, 0.2) is 0 Å². The summed E-state index contributed by atoms with van der Waals surface area (Å²) in [5.74, 6) is 0.182. The Labute approximate surface area is 125 Å². The fourth-order valence-corrected chi connectivity index (χ4v) is 2.25. The Hall–Kier alpha value is -2.11. The summed E-state index contributed by atoms with van der Waals surface area (Å²) in [7, 11) is 0. The van der Waals surface area contributed by atoms with Crippen LogP contribution in [0.1, 0.15) is 44.5 Å². The molecule has 0 spiro atoms. The molecule has 0 fully saturated rings. The van der Waals surface area contributed by atoms with E-state index in [0.717, 1.165) is 6.42 Å². The van der Waals surface area contributed by atoms with Crippen molar-refractivity contribution >= 4 is 17.3 Å². The average Bonchev–Trinajstić information content (AvgIpc) is 2.37. The van der Waals surface area contributed by atoms with Crippen molar-refractivity contribution in [1.29, 1.82) is 0 Å². The Bertz CT molecular complexity index is 515. The predicted octanol–water partition coefficient (Wildman–Crippen LogP) is 3.19. The summed E-state index contributed by atoms with van der Waals surface area (Å²) in [6.07, 6.45) is 0.858. The monoisotopic (exact) mass is 293 g/mol. The van der Waals surface area contributed by atoms with Gasteiger partial charge < -0.3 is 10.6 Å². The van der Waals surface area contributed by atoms with Gasteiger partial charge in [-0.3, -0.25) is 14.9 Å². The Morgan fingerprint density at radius 1 is 1.33 bits per heavy atom. The van der Waals surface area contributed by atoms with Crippen LogP contribution in [-0.2, 0) is 0 Å². The lowest BCUT2D eigenvalue weighted by Gasteiger charge is -2.17. The van der Waals surface area contributed by atoms with Crippen LogP contribution in [0.4, 0.5) is 11.4 Å². The zero-order valence-electron chi connectivity index (χ0n) is 13.0. The van der Waals surface area contributed by atoms with Crippen molar-refractivity contribution in [2.45, 2.75) is 40.2 Å². The lowest BCUT2D eigenvalue weighted by atomic mass is 10.0. The molecule has 1 atom stereocenters. The number of carbonyl (C=O) groups is 1. The van der Waals surface area contributed by atoms with E-state index in [1.54, 1.807) is 6.07 Å². The zero-order chi connectivity index (χ0) is 16.0. The van der Waals surface area contributed by atoms with Crippen molar-refractivity contribution in [1.82, 2.24) is 5.32 Å². The maximum Gasteiger partial charge on any atom is 0.270 e. The molecular weight excluding hydrogens is 270 g/mol. The van der Waals surface area contributed by atoms with E-state index in [2.05, 4.69) is 24.5 Å². The van der Waals surface area contributed by atoms with Gasteiger partial charge in [0.25, 0.3) is 11.6 Å². The highest BCUT2D eigenvalue weighted by Gasteiger charge is 2.18. The Morgan fingerprint density at radius 3 is 2.52 bits per heavy atom. The van der Waals surface area contributed by atoms with Crippen molar-refractivity contribution in [2.24, 2.45) is 5.92 Å². The van der Waals surface area contributed by atoms with Crippen LogP contribution in [0.25, 0.3) is 0 Å². The molecule has 0 heterocycles. The van der Waals surface area contributed by atoms with E-state index in [-0.39, 0.29) is 17.6 Å². The fraction of sp³-hybridized carbons (Fsp3) is 0.533. The standard InChI is InChI=1S/C15H23N3O3/c1-5-16-14-7-6-12(18(20)21)9-13(14)15(19)17-11(4)8-10(2)3/h6-7,9-11,16H,5,8H2,1-4H3,(H,17,19). The number of benzene rings is 1. The highest BCUT2D eigenvalue weighted by atomic mass is 16.6. The quantitative estimate of drug-likeness (QED) is 0.597. The van der Waals surface area contributed by atoms with Crippen molar-refractivity contribution in [2.75, 3.05) is 11.9 Å². The summed E-state index contributed by atoms with van der Waals surface area (Å²) in [4.78, 5) is 22.7. The first kappa shape index (κ1) is 16.9. The third kappa shape index (κ3) is 5.06. The van der Waals surface area contributed by atoms with Crippen LogP contribution < -0.4 is 10.6 Å². The van der Waals surface area contributed by atoms with E-state index < -0.39 is 4.92 Å². The molecule has 21 heavy (non-hydrogen) atoms. The molecule has 6 heteroatoms. The number of nitro groups is 1. The van der Waals surface area contributed by atoms with E-state index >= 15 is 0 Å². The van der Waals surface area contributed by atoms with Crippen molar-refractivity contribution < 1.29 is 9.72 Å². The third-order valence-corrected chi connectivity index (χ3v) is 3.03. The van der Waals surface area contributed by atoms with E-state index in [0.29, 0.717) is 23.7 Å². The first-order chi connectivity index (χ1) is 9.85. The molecule has 0 aliphatic heterocycles. The van der Waals surface area contributed by atoms with Crippen LogP contribution in [0.5, 0.6) is 0 Å². The second kappa shape index (κ2) is 7.61. The van der Waals surface area contributed by atoms with Crippen LogP contribution in [0, 0.1) is 16.0 Å². The first-order valence-electron chi connectivity index (χ1n) is 7.18. The van der Waals surface area contributed by atoms with Gasteiger partial charge in [0, 0.05) is 30.4 Å². The second-order valence-corrected chi connectivity index (χ2v) is 5.52. The highest BCUT2D eigenvalue weighted by Crippen LogP contribution is 2.22. The lowest BCUT2D eigenvalue weighted by molar-refractivity contribution is -0.384. The number of hydrogen-bond acceptors (Lipinski definition) is 4. The minimum Gasteiger partial charge on any atom is -0.385 e. The number of hydrogen-bond donors (Lipinski definition) is 2. The number of nitrogens with one attached hydrogen (secondary N) is 2. The largest absolute Gasteiger partial charge is 0.385 e. The van der Waals surface area contributed by atoms with Gasteiger partial charge >= 0.3 is 0 Å². The molecular formula is C15H23N3O3. The molecule has 0 saturated heterocycles. The molecule has 6 nitrogen and oxygen atoms in total. The molecule has 0 bridgehead atoms. The van der Waals surface area contributed by atoms with Crippen molar-refractivity contribution in [3.05, 3.63) is 33.9 Å². The first-order valence-corrected chi connectivity index (χ1v) is 7.18. The van der Waals surface area contributed by atoms with Crippen LogP contribution in [0.2, 0.25) is 0 Å². The molecule has 1 aromatic carbocycles. The van der Waals surface area contributed by atoms with Crippen LogP contribution >= 0.6 is 0 Å². The van der Waals surface area contributed by atoms with Gasteiger partial charge in [-0.2, -0.15) is 0 Å². The summed E-state index contributed by atoms with van der Waals surface area (Å²) in [6.45, 7) is 8.65. The van der Waals surface area contributed by atoms with E-state index in [1.807, 2.05) is 13.8 Å². The number of amides is 1. The third-order valence-electron chi connectivity index (χ3n) is 3.03. The molecule has 1 unspecified atom stereocenters. The molecule has 116 valence electrons. The molecule has 1 aromatic rings. The van der Waals surface area contributed by atoms with Crippen LogP contribution in [0.3, 0.4) is 0 Å². The number of non-ortho nitro benzene ring substituents is 1. The van der Waals surface area contributed by atoms with E-state index in [1.165, 1.54) is 12.1 Å². The summed E-state index contributed by atoms with van der Waals surface area (Å²) >= 11 is 0. The number of carbonyl (C=O) groups excluding carboxylic acids is 1. The Kier molecular flexibility index (Phi) is 6.14. The van der Waals surface area contributed by atoms with Crippen LogP contribution in [-0.4, -0.2) is 23.4 Å². The van der Waals surface area contributed by atoms with E-state index in [4.69, 9.17) is 0 Å². The van der Waals surface area contributed by atoms with Gasteiger partial charge in [-0.15, -0.1) is 0 Å². The summed E-state index contributed by atoms with van der Waals surface area (Å²) in [5.41, 5.74) is 0.831. The fourth-order valence-electron chi connectivity index (χ4n) is 2.25. The maximum absolute atomic E-state index is 12.3. The highest BCUT2D eigenvalue weighted by molar-refractivity contribution is 6.00. The minimum atomic E-state index is -0.496. The maximum atomic E-state index is 12.3. The number of nitrogens with zero attached hydrogens (tertiary/aromatic N) is 1. The molecule has 0 aromatic heterocycles. The minimum absolute atomic E-state index is 0.0197. The normalized spacial score (nSPS) is 12.0. The van der Waals surface area contributed by atoms with Gasteiger partial charge in [0.05, 0.1) is 10.5 Å². The second-order valence-electron chi connectivity index (χ2n) is 5.52. The Morgan fingerprint density at radius 2 is 2.00 bits per heavy atom. The van der Waals surface area contributed by atoms with Gasteiger partial charge in [-0.1, -0.05) is 13.8 Å². The summed E-state index contributed by atoms with van der Waals surface area (Å²) in [5, 5.41) is 16.8. The predicted molar refractivity (Wildman–Crippen MR) is 83.6 cm³/mol. The Balaban J connectivity index is 2.99. The van der Waals surface area contributed by atoms with Gasteiger partial charge in [0.1, 0.15) is 0 Å². The molecule has 0 aliphatic carbocycles. The molecule has 0 aliphatic rings. The topological polar surface area (TPSA) is 84.3 Å². The average molecular weight is 293 g/mol. The van der Waals surface area contributed by atoms with Crippen LogP contribution in [0.15, 0.2) is 18.2 Å². The number of nitro benzene ring substituents is 1.